The molecule has 2 aliphatic rings. The topological polar surface area (TPSA) is 87.7 Å². The number of ether oxygens (including phenoxy) is 1. The van der Waals surface area contributed by atoms with Gasteiger partial charge >= 0.3 is 6.18 Å². The van der Waals surface area contributed by atoms with E-state index < -0.39 is 33.8 Å². The van der Waals surface area contributed by atoms with Gasteiger partial charge in [-0.1, -0.05) is 12.1 Å². The van der Waals surface area contributed by atoms with E-state index in [0.717, 1.165) is 0 Å². The van der Waals surface area contributed by atoms with E-state index in [0.29, 0.717) is 29.7 Å². The van der Waals surface area contributed by atoms with E-state index in [1.165, 1.54) is 29.2 Å². The Hall–Kier alpha value is -3.12. The van der Waals surface area contributed by atoms with Crippen molar-refractivity contribution in [3.63, 3.8) is 0 Å². The van der Waals surface area contributed by atoms with Gasteiger partial charge in [0.25, 0.3) is 0 Å². The minimum absolute atomic E-state index is 0.0708. The number of aryl methyl sites for hydroxylation is 1. The molecule has 2 unspecified atom stereocenters. The fourth-order valence-corrected chi connectivity index (χ4v) is 5.30. The van der Waals surface area contributed by atoms with E-state index in [2.05, 4.69) is 5.32 Å². The first-order chi connectivity index (χ1) is 16.3. The zero-order valence-corrected chi connectivity index (χ0v) is 19.6. The first-order valence-electron chi connectivity index (χ1n) is 10.7. The number of fused-ring (bicyclic) bond motifs is 1. The minimum Gasteiger partial charge on any atom is -0.454 e. The SMILES string of the molecule is Cc1cccc(Oc2ccc(NS(=O)(=O)CC(F)(F)F)cc2C2=CN(C)C(=O)C3NCCC23)c1F. The van der Waals surface area contributed by atoms with Crippen molar-refractivity contribution >= 4 is 27.2 Å². The van der Waals surface area contributed by atoms with Crippen LogP contribution in [0.2, 0.25) is 0 Å². The minimum atomic E-state index is -4.92. The Morgan fingerprint density at radius 1 is 1.20 bits per heavy atom. The van der Waals surface area contributed by atoms with E-state index >= 15 is 0 Å². The van der Waals surface area contributed by atoms with Crippen LogP contribution in [0.1, 0.15) is 17.5 Å². The third kappa shape index (κ3) is 5.43. The summed E-state index contributed by atoms with van der Waals surface area (Å²) >= 11 is 0. The summed E-state index contributed by atoms with van der Waals surface area (Å²) in [6.45, 7) is 2.13. The lowest BCUT2D eigenvalue weighted by molar-refractivity contribution is -0.130. The zero-order chi connectivity index (χ0) is 25.5. The highest BCUT2D eigenvalue weighted by molar-refractivity contribution is 7.92. The van der Waals surface area contributed by atoms with Crippen LogP contribution in [0.15, 0.2) is 42.6 Å². The molecule has 0 radical (unpaired) electrons. The Labute approximate surface area is 199 Å². The normalized spacial score (nSPS) is 20.5. The average molecular weight is 514 g/mol. The van der Waals surface area contributed by atoms with Crippen LogP contribution in [0.25, 0.3) is 5.57 Å². The van der Waals surface area contributed by atoms with Crippen molar-refractivity contribution in [1.82, 2.24) is 10.2 Å². The Morgan fingerprint density at radius 2 is 1.94 bits per heavy atom. The van der Waals surface area contributed by atoms with Crippen molar-refractivity contribution < 1.29 is 35.5 Å². The Morgan fingerprint density at radius 3 is 2.66 bits per heavy atom. The van der Waals surface area contributed by atoms with Gasteiger partial charge in [-0.15, -0.1) is 0 Å². The summed E-state index contributed by atoms with van der Waals surface area (Å²) in [5.74, 6) is -2.97. The Kier molecular flexibility index (Phi) is 6.54. The first kappa shape index (κ1) is 25.0. The van der Waals surface area contributed by atoms with Gasteiger partial charge < -0.3 is 15.0 Å². The summed E-state index contributed by atoms with van der Waals surface area (Å²) in [7, 11) is -3.17. The van der Waals surface area contributed by atoms with Crippen LogP contribution in [0.4, 0.5) is 23.2 Å². The third-order valence-electron chi connectivity index (χ3n) is 5.86. The summed E-state index contributed by atoms with van der Waals surface area (Å²) in [4.78, 5) is 14.0. The van der Waals surface area contributed by atoms with Gasteiger partial charge in [0.15, 0.2) is 17.3 Å². The number of alkyl halides is 3. The van der Waals surface area contributed by atoms with Crippen LogP contribution in [0.3, 0.4) is 0 Å². The number of benzene rings is 2. The highest BCUT2D eigenvalue weighted by Gasteiger charge is 2.41. The third-order valence-corrected chi connectivity index (χ3v) is 7.12. The van der Waals surface area contributed by atoms with Crippen LogP contribution in [0.5, 0.6) is 11.5 Å². The second kappa shape index (κ2) is 9.15. The highest BCUT2D eigenvalue weighted by atomic mass is 32.2. The number of likely N-dealkylation sites (N-methyl/N-ethyl adjacent to an activating group) is 1. The van der Waals surface area contributed by atoms with Crippen LogP contribution in [-0.2, 0) is 14.8 Å². The number of carbonyl (C=O) groups is 1. The molecule has 7 nitrogen and oxygen atoms in total. The molecule has 0 saturated carbocycles. The lowest BCUT2D eigenvalue weighted by atomic mass is 9.84. The number of nitrogens with zero attached hydrogens (tertiary/aromatic N) is 1. The van der Waals surface area contributed by atoms with Gasteiger partial charge in [-0.05, 0) is 55.3 Å². The van der Waals surface area contributed by atoms with Crippen LogP contribution in [-0.4, -0.2) is 50.8 Å². The molecule has 2 aromatic carbocycles. The summed E-state index contributed by atoms with van der Waals surface area (Å²) in [5.41, 5.74) is 1.17. The van der Waals surface area contributed by atoms with E-state index in [9.17, 15) is 30.8 Å². The molecule has 0 spiro atoms. The maximum Gasteiger partial charge on any atom is 0.404 e. The molecule has 0 aromatic heterocycles. The van der Waals surface area contributed by atoms with Crippen LogP contribution >= 0.6 is 0 Å². The molecular formula is C23H23F4N3O4S. The molecule has 2 heterocycles. The molecule has 0 bridgehead atoms. The van der Waals surface area contributed by atoms with Gasteiger partial charge in [0.2, 0.25) is 15.9 Å². The predicted octanol–water partition coefficient (Wildman–Crippen LogP) is 4.02. The number of halogens is 4. The summed E-state index contributed by atoms with van der Waals surface area (Å²) in [5, 5.41) is 3.13. The molecule has 2 N–H and O–H groups in total. The fourth-order valence-electron chi connectivity index (χ4n) is 4.31. The summed E-state index contributed by atoms with van der Waals surface area (Å²) < 4.78 is 84.6. The molecule has 0 aliphatic carbocycles. The number of anilines is 1. The predicted molar refractivity (Wildman–Crippen MR) is 122 cm³/mol. The molecule has 12 heteroatoms. The number of rotatable bonds is 6. The second-order valence-corrected chi connectivity index (χ2v) is 10.3. The lowest BCUT2D eigenvalue weighted by Gasteiger charge is -2.32. The number of hydrogen-bond donors (Lipinski definition) is 2. The largest absolute Gasteiger partial charge is 0.454 e. The van der Waals surface area contributed by atoms with Gasteiger partial charge in [0.05, 0.1) is 6.04 Å². The molecule has 35 heavy (non-hydrogen) atoms. The van der Waals surface area contributed by atoms with Crippen molar-refractivity contribution in [2.75, 3.05) is 24.1 Å². The molecule has 2 aromatic rings. The van der Waals surface area contributed by atoms with Crippen molar-refractivity contribution in [3.8, 4) is 11.5 Å². The summed E-state index contributed by atoms with van der Waals surface area (Å²) in [6.07, 6.45) is -2.74. The highest BCUT2D eigenvalue weighted by Crippen LogP contribution is 2.42. The van der Waals surface area contributed by atoms with E-state index in [1.54, 1.807) is 32.3 Å². The number of amides is 1. The van der Waals surface area contributed by atoms with Crippen molar-refractivity contribution in [2.45, 2.75) is 25.6 Å². The lowest BCUT2D eigenvalue weighted by Crippen LogP contribution is -2.46. The van der Waals surface area contributed by atoms with Gasteiger partial charge in [0.1, 0.15) is 5.75 Å². The van der Waals surface area contributed by atoms with Crippen molar-refractivity contribution in [2.24, 2.45) is 5.92 Å². The number of hydrogen-bond acceptors (Lipinski definition) is 5. The maximum absolute atomic E-state index is 14.6. The summed E-state index contributed by atoms with van der Waals surface area (Å²) in [6, 6.07) is 8.02. The fraction of sp³-hybridized carbons (Fsp3) is 0.348. The van der Waals surface area contributed by atoms with Crippen molar-refractivity contribution in [3.05, 3.63) is 59.5 Å². The maximum atomic E-state index is 14.6. The molecule has 1 saturated heterocycles. The molecule has 1 amide bonds. The van der Waals surface area contributed by atoms with Gasteiger partial charge in [-0.2, -0.15) is 13.2 Å². The Bertz CT molecular complexity index is 1290. The molecular weight excluding hydrogens is 490 g/mol. The van der Waals surface area contributed by atoms with Gasteiger partial charge in [-0.3, -0.25) is 9.52 Å². The molecule has 2 aliphatic heterocycles. The van der Waals surface area contributed by atoms with E-state index in [1.807, 2.05) is 4.72 Å². The monoisotopic (exact) mass is 513 g/mol. The number of carbonyl (C=O) groups excluding carboxylic acids is 1. The van der Waals surface area contributed by atoms with Crippen molar-refractivity contribution in [1.29, 1.82) is 0 Å². The van der Waals surface area contributed by atoms with E-state index in [-0.39, 0.29) is 29.0 Å². The zero-order valence-electron chi connectivity index (χ0n) is 18.8. The Balaban J connectivity index is 1.79. The quantitative estimate of drug-likeness (QED) is 0.570. The molecule has 188 valence electrons. The standard InChI is InChI=1S/C23H23F4N3O4S/c1-13-4-3-5-19(20(13)24)34-18-7-6-14(29-35(32,33)12-23(25,26)27)10-16(18)17-11-30(2)22(31)21-15(17)8-9-28-21/h3-7,10-11,15,21,28-29H,8-9,12H2,1-2H3. The second-order valence-electron chi connectivity index (χ2n) is 8.54. The molecule has 2 atom stereocenters. The van der Waals surface area contributed by atoms with Crippen LogP contribution in [0, 0.1) is 18.7 Å². The molecule has 4 rings (SSSR count). The van der Waals surface area contributed by atoms with Gasteiger partial charge in [-0.25, -0.2) is 12.8 Å². The molecule has 1 fully saturated rings. The van der Waals surface area contributed by atoms with Gasteiger partial charge in [0, 0.05) is 30.4 Å². The first-order valence-corrected chi connectivity index (χ1v) is 12.4. The number of sulfonamides is 1. The van der Waals surface area contributed by atoms with E-state index in [4.69, 9.17) is 4.74 Å². The van der Waals surface area contributed by atoms with Crippen LogP contribution < -0.4 is 14.8 Å². The average Bonchev–Trinajstić information content (AvgIpc) is 3.23. The number of nitrogens with one attached hydrogen (secondary N) is 2. The smallest absolute Gasteiger partial charge is 0.404 e.